The summed E-state index contributed by atoms with van der Waals surface area (Å²) in [6.45, 7) is 6.27. The third-order valence-corrected chi connectivity index (χ3v) is 4.00. The van der Waals surface area contributed by atoms with Crippen LogP contribution in [0.4, 0.5) is 0 Å². The fraction of sp³-hybridized carbons (Fsp3) is 0.444. The van der Waals surface area contributed by atoms with Gasteiger partial charge in [0, 0.05) is 18.7 Å². The van der Waals surface area contributed by atoms with Crippen LogP contribution in [-0.2, 0) is 9.59 Å². The Morgan fingerprint density at radius 3 is 1.79 bits per heavy atom. The Hall–Kier alpha value is -2.68. The summed E-state index contributed by atoms with van der Waals surface area (Å²) < 4.78 is 10.9. The van der Waals surface area contributed by atoms with Crippen molar-refractivity contribution in [3.05, 3.63) is 23.3 Å². The molecule has 1 heterocycles. The largest absolute Gasteiger partial charge is 0.496 e. The van der Waals surface area contributed by atoms with Gasteiger partial charge in [0.25, 0.3) is 11.8 Å². The van der Waals surface area contributed by atoms with E-state index in [0.29, 0.717) is 35.7 Å². The number of carbonyl (C=O) groups excluding carboxylic acids is 2. The number of rotatable bonds is 5. The SMILES string of the molecule is CC#Cc1cc(OC)c(C2C(=O)N(CC)N(CC)C2=O)c(OC)c1. The van der Waals surface area contributed by atoms with Gasteiger partial charge in [-0.05, 0) is 32.9 Å². The second kappa shape index (κ2) is 7.26. The van der Waals surface area contributed by atoms with E-state index in [1.807, 2.05) is 13.8 Å². The molecule has 0 spiro atoms. The first-order valence-electron chi connectivity index (χ1n) is 7.85. The number of nitrogens with zero attached hydrogens (tertiary/aromatic N) is 2. The zero-order valence-electron chi connectivity index (χ0n) is 14.7. The number of hydrazine groups is 1. The zero-order valence-corrected chi connectivity index (χ0v) is 14.7. The minimum atomic E-state index is -0.960. The highest BCUT2D eigenvalue weighted by atomic mass is 16.5. The maximum absolute atomic E-state index is 12.8. The summed E-state index contributed by atoms with van der Waals surface area (Å²) in [5, 5.41) is 2.93. The lowest BCUT2D eigenvalue weighted by molar-refractivity contribution is -0.145. The van der Waals surface area contributed by atoms with Crippen LogP contribution in [0.25, 0.3) is 0 Å². The van der Waals surface area contributed by atoms with Gasteiger partial charge in [0.05, 0.1) is 19.8 Å². The van der Waals surface area contributed by atoms with Crippen LogP contribution >= 0.6 is 0 Å². The molecule has 128 valence electrons. The maximum atomic E-state index is 12.8. The van der Waals surface area contributed by atoms with Crippen molar-refractivity contribution in [2.75, 3.05) is 27.3 Å². The van der Waals surface area contributed by atoms with E-state index in [4.69, 9.17) is 9.47 Å². The Morgan fingerprint density at radius 1 is 1.00 bits per heavy atom. The van der Waals surface area contributed by atoms with Crippen molar-refractivity contribution in [3.63, 3.8) is 0 Å². The van der Waals surface area contributed by atoms with Gasteiger partial charge in [0.1, 0.15) is 11.5 Å². The quantitative estimate of drug-likeness (QED) is 0.610. The highest BCUT2D eigenvalue weighted by Crippen LogP contribution is 2.41. The van der Waals surface area contributed by atoms with Crippen LogP contribution in [0, 0.1) is 11.8 Å². The molecule has 0 N–H and O–H groups in total. The molecular weight excluding hydrogens is 308 g/mol. The normalized spacial score (nSPS) is 14.7. The van der Waals surface area contributed by atoms with Crippen LogP contribution in [0.1, 0.15) is 37.8 Å². The van der Waals surface area contributed by atoms with Crippen molar-refractivity contribution in [2.45, 2.75) is 26.7 Å². The van der Waals surface area contributed by atoms with Gasteiger partial charge in [-0.25, -0.2) is 0 Å². The van der Waals surface area contributed by atoms with Crippen molar-refractivity contribution in [1.82, 2.24) is 10.0 Å². The van der Waals surface area contributed by atoms with Crippen LogP contribution < -0.4 is 9.47 Å². The van der Waals surface area contributed by atoms with E-state index in [9.17, 15) is 9.59 Å². The molecule has 1 saturated heterocycles. The molecule has 1 aromatic rings. The van der Waals surface area contributed by atoms with Gasteiger partial charge in [0.2, 0.25) is 0 Å². The molecule has 0 unspecified atom stereocenters. The molecule has 1 aromatic carbocycles. The monoisotopic (exact) mass is 330 g/mol. The molecule has 0 bridgehead atoms. The van der Waals surface area contributed by atoms with E-state index in [1.54, 1.807) is 19.1 Å². The van der Waals surface area contributed by atoms with Crippen LogP contribution in [0.3, 0.4) is 0 Å². The number of amides is 2. The first-order chi connectivity index (χ1) is 11.5. The number of benzene rings is 1. The Morgan fingerprint density at radius 2 is 1.46 bits per heavy atom. The number of carbonyl (C=O) groups is 2. The van der Waals surface area contributed by atoms with Gasteiger partial charge in [-0.3, -0.25) is 19.6 Å². The third kappa shape index (κ3) is 2.78. The Balaban J connectivity index is 2.64. The van der Waals surface area contributed by atoms with E-state index in [0.717, 1.165) is 0 Å². The fourth-order valence-corrected chi connectivity index (χ4v) is 2.98. The minimum absolute atomic E-state index is 0.268. The van der Waals surface area contributed by atoms with Crippen LogP contribution in [0.2, 0.25) is 0 Å². The first kappa shape index (κ1) is 17.7. The lowest BCUT2D eigenvalue weighted by atomic mass is 9.94. The average molecular weight is 330 g/mol. The second-order valence-corrected chi connectivity index (χ2v) is 5.21. The summed E-state index contributed by atoms with van der Waals surface area (Å²) in [4.78, 5) is 25.6. The second-order valence-electron chi connectivity index (χ2n) is 5.21. The van der Waals surface area contributed by atoms with E-state index in [-0.39, 0.29) is 11.8 Å². The highest BCUT2D eigenvalue weighted by molar-refractivity contribution is 6.11. The smallest absolute Gasteiger partial charge is 0.258 e. The van der Waals surface area contributed by atoms with Crippen LogP contribution in [0.5, 0.6) is 11.5 Å². The van der Waals surface area contributed by atoms with Gasteiger partial charge in [-0.1, -0.05) is 5.92 Å². The predicted molar refractivity (Wildman–Crippen MR) is 89.6 cm³/mol. The van der Waals surface area contributed by atoms with E-state index in [1.165, 1.54) is 24.2 Å². The molecule has 2 amide bonds. The minimum Gasteiger partial charge on any atom is -0.496 e. The molecule has 6 nitrogen and oxygen atoms in total. The lowest BCUT2D eigenvalue weighted by Gasteiger charge is -2.24. The molecule has 1 aliphatic heterocycles. The van der Waals surface area contributed by atoms with Crippen molar-refractivity contribution < 1.29 is 19.1 Å². The van der Waals surface area contributed by atoms with Crippen LogP contribution in [0.15, 0.2) is 12.1 Å². The number of likely N-dealkylation sites (N-methyl/N-ethyl adjacent to an activating group) is 2. The zero-order chi connectivity index (χ0) is 17.9. The number of hydrogen-bond donors (Lipinski definition) is 0. The average Bonchev–Trinajstić information content (AvgIpc) is 2.83. The van der Waals surface area contributed by atoms with Gasteiger partial charge < -0.3 is 9.47 Å². The molecular formula is C18H22N2O4. The third-order valence-electron chi connectivity index (χ3n) is 4.00. The Labute approximate surface area is 142 Å². The highest BCUT2D eigenvalue weighted by Gasteiger charge is 2.47. The fourth-order valence-electron chi connectivity index (χ4n) is 2.98. The number of methoxy groups -OCH3 is 2. The van der Waals surface area contributed by atoms with Crippen LogP contribution in [-0.4, -0.2) is 49.1 Å². The first-order valence-corrected chi connectivity index (χ1v) is 7.85. The predicted octanol–water partition coefficient (Wildman–Crippen LogP) is 1.78. The molecule has 0 aromatic heterocycles. The summed E-state index contributed by atoms with van der Waals surface area (Å²) >= 11 is 0. The Kier molecular flexibility index (Phi) is 5.35. The molecule has 0 atom stereocenters. The standard InChI is InChI=1S/C18H22N2O4/c1-6-9-12-10-13(23-4)15(14(11-12)24-5)16-17(21)19(7-2)20(8-3)18(16)22/h10-11,16H,7-8H2,1-5H3. The van der Waals surface area contributed by atoms with Crippen molar-refractivity contribution in [3.8, 4) is 23.3 Å². The summed E-state index contributed by atoms with van der Waals surface area (Å²) in [5.74, 6) is 5.10. The van der Waals surface area contributed by atoms with Gasteiger partial charge in [-0.2, -0.15) is 0 Å². The summed E-state index contributed by atoms with van der Waals surface area (Å²) in [5.41, 5.74) is 1.15. The van der Waals surface area contributed by atoms with Gasteiger partial charge in [0.15, 0.2) is 5.92 Å². The molecule has 24 heavy (non-hydrogen) atoms. The molecule has 0 aliphatic carbocycles. The van der Waals surface area contributed by atoms with Crippen molar-refractivity contribution in [1.29, 1.82) is 0 Å². The Bertz CT molecular complexity index is 670. The molecule has 0 saturated carbocycles. The van der Waals surface area contributed by atoms with E-state index >= 15 is 0 Å². The molecule has 6 heteroatoms. The van der Waals surface area contributed by atoms with E-state index < -0.39 is 5.92 Å². The molecule has 0 radical (unpaired) electrons. The van der Waals surface area contributed by atoms with Crippen molar-refractivity contribution >= 4 is 11.8 Å². The summed E-state index contributed by atoms with van der Waals surface area (Å²) in [6.07, 6.45) is 0. The van der Waals surface area contributed by atoms with E-state index in [2.05, 4.69) is 11.8 Å². The van der Waals surface area contributed by atoms with Gasteiger partial charge >= 0.3 is 0 Å². The number of ether oxygens (including phenoxy) is 2. The summed E-state index contributed by atoms with van der Waals surface area (Å²) in [7, 11) is 3.00. The van der Waals surface area contributed by atoms with Gasteiger partial charge in [-0.15, -0.1) is 5.92 Å². The molecule has 1 aliphatic rings. The molecule has 2 rings (SSSR count). The summed E-state index contributed by atoms with van der Waals surface area (Å²) in [6, 6.07) is 3.44. The number of hydrogen-bond acceptors (Lipinski definition) is 4. The molecule has 1 fully saturated rings. The maximum Gasteiger partial charge on any atom is 0.258 e. The lowest BCUT2D eigenvalue weighted by Crippen LogP contribution is -2.40. The topological polar surface area (TPSA) is 59.1 Å². The van der Waals surface area contributed by atoms with Crippen molar-refractivity contribution in [2.24, 2.45) is 0 Å².